The van der Waals surface area contributed by atoms with E-state index in [4.69, 9.17) is 5.14 Å². The Balaban J connectivity index is 2.65. The van der Waals surface area contributed by atoms with Crippen LogP contribution in [0.15, 0.2) is 45.8 Å². The quantitative estimate of drug-likeness (QED) is 0.451. The first-order valence-corrected chi connectivity index (χ1v) is 9.41. The standard InChI is InChI=1S/C15H14BrFN2O6S/c16-10-4-5-12(17)11(6-10)15(21,8-20)7-9-2-1-3-13(26(18,24)25)14(9)19(22)23/h1-6,20-21H,7-8H2,(H2,18,24,25)/t15-/m0/s1. The number of sulfonamides is 1. The number of aliphatic hydroxyl groups is 2. The number of hydrogen-bond acceptors (Lipinski definition) is 6. The van der Waals surface area contributed by atoms with E-state index in [1.54, 1.807) is 0 Å². The molecule has 0 amide bonds. The fourth-order valence-corrected chi connectivity index (χ4v) is 3.66. The first-order valence-electron chi connectivity index (χ1n) is 7.07. The van der Waals surface area contributed by atoms with Gasteiger partial charge in [-0.2, -0.15) is 0 Å². The molecule has 2 aromatic carbocycles. The molecule has 0 unspecified atom stereocenters. The average Bonchev–Trinajstić information content (AvgIpc) is 2.55. The number of nitrogens with two attached hydrogens (primary N) is 1. The van der Waals surface area contributed by atoms with Crippen LogP contribution in [0.1, 0.15) is 11.1 Å². The molecule has 8 nitrogen and oxygen atoms in total. The maximum absolute atomic E-state index is 14.1. The zero-order chi connectivity index (χ0) is 19.7. The fourth-order valence-electron chi connectivity index (χ4n) is 2.55. The average molecular weight is 449 g/mol. The lowest BCUT2D eigenvalue weighted by atomic mass is 9.87. The van der Waals surface area contributed by atoms with Crippen LogP contribution in [0.5, 0.6) is 0 Å². The highest BCUT2D eigenvalue weighted by Gasteiger charge is 2.36. The summed E-state index contributed by atoms with van der Waals surface area (Å²) in [4.78, 5) is 9.69. The minimum atomic E-state index is -4.41. The maximum Gasteiger partial charge on any atom is 0.292 e. The van der Waals surface area contributed by atoms with E-state index >= 15 is 0 Å². The molecule has 0 radical (unpaired) electrons. The van der Waals surface area contributed by atoms with Gasteiger partial charge in [0, 0.05) is 22.0 Å². The molecule has 0 heterocycles. The second-order valence-electron chi connectivity index (χ2n) is 5.56. The van der Waals surface area contributed by atoms with Gasteiger partial charge in [-0.15, -0.1) is 0 Å². The maximum atomic E-state index is 14.1. The van der Waals surface area contributed by atoms with Crippen LogP contribution >= 0.6 is 15.9 Å². The summed E-state index contributed by atoms with van der Waals surface area (Å²) in [5.41, 5.74) is -3.59. The number of rotatable bonds is 6. The lowest BCUT2D eigenvalue weighted by Gasteiger charge is -2.27. The molecule has 0 saturated carbocycles. The molecule has 0 saturated heterocycles. The van der Waals surface area contributed by atoms with Crippen molar-refractivity contribution in [2.45, 2.75) is 16.9 Å². The number of halogens is 2. The van der Waals surface area contributed by atoms with Gasteiger partial charge in [-0.3, -0.25) is 10.1 Å². The summed E-state index contributed by atoms with van der Waals surface area (Å²) in [5, 5.41) is 36.8. The Labute approximate surface area is 156 Å². The molecule has 2 rings (SSSR count). The Bertz CT molecular complexity index is 969. The lowest BCUT2D eigenvalue weighted by Crippen LogP contribution is -2.34. The molecule has 1 atom stereocenters. The van der Waals surface area contributed by atoms with Crippen molar-refractivity contribution < 1.29 is 27.9 Å². The second kappa shape index (κ2) is 7.37. The number of nitro groups is 1. The fraction of sp³-hybridized carbons (Fsp3) is 0.200. The predicted octanol–water partition coefficient (Wildman–Crippen LogP) is 1.57. The largest absolute Gasteiger partial charge is 0.393 e. The molecular weight excluding hydrogens is 435 g/mol. The molecule has 0 spiro atoms. The Morgan fingerprint density at radius 1 is 1.31 bits per heavy atom. The molecule has 0 aliphatic heterocycles. The van der Waals surface area contributed by atoms with E-state index in [0.717, 1.165) is 12.1 Å². The van der Waals surface area contributed by atoms with Crippen molar-refractivity contribution in [2.75, 3.05) is 6.61 Å². The lowest BCUT2D eigenvalue weighted by molar-refractivity contribution is -0.388. The third kappa shape index (κ3) is 4.07. The number of benzene rings is 2. The van der Waals surface area contributed by atoms with Gasteiger partial charge in [0.25, 0.3) is 5.69 Å². The number of hydrogen-bond donors (Lipinski definition) is 3. The van der Waals surface area contributed by atoms with E-state index in [0.29, 0.717) is 4.47 Å². The molecular formula is C15H14BrFN2O6S. The Kier molecular flexibility index (Phi) is 5.78. The Morgan fingerprint density at radius 2 is 1.96 bits per heavy atom. The monoisotopic (exact) mass is 448 g/mol. The first kappa shape index (κ1) is 20.4. The number of primary sulfonamides is 1. The zero-order valence-electron chi connectivity index (χ0n) is 13.1. The van der Waals surface area contributed by atoms with E-state index in [2.05, 4.69) is 15.9 Å². The van der Waals surface area contributed by atoms with Crippen molar-refractivity contribution in [3.63, 3.8) is 0 Å². The van der Waals surface area contributed by atoms with E-state index < -0.39 is 50.0 Å². The molecule has 0 aliphatic carbocycles. The van der Waals surface area contributed by atoms with Crippen molar-refractivity contribution in [3.8, 4) is 0 Å². The van der Waals surface area contributed by atoms with Crippen LogP contribution in [0.4, 0.5) is 10.1 Å². The van der Waals surface area contributed by atoms with Gasteiger partial charge in [-0.05, 0) is 24.3 Å². The summed E-state index contributed by atoms with van der Waals surface area (Å²) in [6, 6.07) is 7.01. The van der Waals surface area contributed by atoms with Crippen molar-refractivity contribution in [1.82, 2.24) is 0 Å². The summed E-state index contributed by atoms with van der Waals surface area (Å²) in [5.74, 6) is -0.838. The third-order valence-corrected chi connectivity index (χ3v) is 5.18. The van der Waals surface area contributed by atoms with Crippen LogP contribution in [-0.4, -0.2) is 30.2 Å². The number of para-hydroxylation sites is 1. The molecule has 0 aromatic heterocycles. The first-order chi connectivity index (χ1) is 12.0. The Morgan fingerprint density at radius 3 is 2.50 bits per heavy atom. The topological polar surface area (TPSA) is 144 Å². The van der Waals surface area contributed by atoms with E-state index in [1.807, 2.05) is 0 Å². The van der Waals surface area contributed by atoms with Crippen molar-refractivity contribution in [2.24, 2.45) is 5.14 Å². The molecule has 2 aromatic rings. The molecule has 140 valence electrons. The van der Waals surface area contributed by atoms with Gasteiger partial charge >= 0.3 is 0 Å². The van der Waals surface area contributed by atoms with Gasteiger partial charge in [-0.25, -0.2) is 17.9 Å². The summed E-state index contributed by atoms with van der Waals surface area (Å²) in [7, 11) is -4.41. The highest BCUT2D eigenvalue weighted by atomic mass is 79.9. The van der Waals surface area contributed by atoms with Crippen LogP contribution in [-0.2, 0) is 22.0 Å². The Hall–Kier alpha value is -1.92. The summed E-state index contributed by atoms with van der Waals surface area (Å²) >= 11 is 3.12. The van der Waals surface area contributed by atoms with Crippen molar-refractivity contribution >= 4 is 31.6 Å². The van der Waals surface area contributed by atoms with Crippen LogP contribution in [0, 0.1) is 15.9 Å². The zero-order valence-corrected chi connectivity index (χ0v) is 15.5. The van der Waals surface area contributed by atoms with Crippen molar-refractivity contribution in [1.29, 1.82) is 0 Å². The van der Waals surface area contributed by atoms with Gasteiger partial charge in [0.2, 0.25) is 10.0 Å². The number of nitrogens with zero attached hydrogens (tertiary/aromatic N) is 1. The number of nitro benzene ring substituents is 1. The highest BCUT2D eigenvalue weighted by molar-refractivity contribution is 9.10. The summed E-state index contributed by atoms with van der Waals surface area (Å²) in [6.07, 6.45) is -0.615. The molecule has 0 fully saturated rings. The smallest absolute Gasteiger partial charge is 0.292 e. The van der Waals surface area contributed by atoms with Crippen LogP contribution in [0.3, 0.4) is 0 Å². The van der Waals surface area contributed by atoms with Crippen LogP contribution in [0.25, 0.3) is 0 Å². The van der Waals surface area contributed by atoms with E-state index in [1.165, 1.54) is 24.3 Å². The highest BCUT2D eigenvalue weighted by Crippen LogP contribution is 2.35. The normalized spacial score (nSPS) is 14.0. The van der Waals surface area contributed by atoms with Gasteiger partial charge in [0.1, 0.15) is 11.4 Å². The SMILES string of the molecule is NS(=O)(=O)c1cccc(C[C@](O)(CO)c2cc(Br)ccc2F)c1[N+](=O)[O-]. The molecule has 0 bridgehead atoms. The summed E-state index contributed by atoms with van der Waals surface area (Å²) < 4.78 is 37.8. The molecule has 4 N–H and O–H groups in total. The predicted molar refractivity (Wildman–Crippen MR) is 93.3 cm³/mol. The summed E-state index contributed by atoms with van der Waals surface area (Å²) in [6.45, 7) is -0.961. The van der Waals surface area contributed by atoms with Gasteiger partial charge in [-0.1, -0.05) is 28.1 Å². The van der Waals surface area contributed by atoms with E-state index in [9.17, 15) is 33.1 Å². The number of aliphatic hydroxyl groups excluding tert-OH is 1. The van der Waals surface area contributed by atoms with Crippen LogP contribution < -0.4 is 5.14 Å². The molecule has 26 heavy (non-hydrogen) atoms. The van der Waals surface area contributed by atoms with Crippen molar-refractivity contribution in [3.05, 3.63) is 67.9 Å². The van der Waals surface area contributed by atoms with Gasteiger partial charge in [0.15, 0.2) is 4.90 Å². The van der Waals surface area contributed by atoms with E-state index in [-0.39, 0.29) is 11.1 Å². The molecule has 11 heteroatoms. The van der Waals surface area contributed by atoms with Gasteiger partial charge in [0.05, 0.1) is 11.5 Å². The minimum Gasteiger partial charge on any atom is -0.393 e. The second-order valence-corrected chi connectivity index (χ2v) is 8.00. The minimum absolute atomic E-state index is 0.225. The van der Waals surface area contributed by atoms with Gasteiger partial charge < -0.3 is 10.2 Å². The van der Waals surface area contributed by atoms with Crippen LogP contribution in [0.2, 0.25) is 0 Å². The molecule has 0 aliphatic rings. The third-order valence-electron chi connectivity index (χ3n) is 3.75.